The highest BCUT2D eigenvalue weighted by molar-refractivity contribution is 9.10. The first-order chi connectivity index (χ1) is 9.71. The van der Waals surface area contributed by atoms with Crippen LogP contribution in [0.4, 0.5) is 4.79 Å². The number of rotatable bonds is 4. The van der Waals surface area contributed by atoms with Crippen LogP contribution in [0, 0.1) is 0 Å². The van der Waals surface area contributed by atoms with Gasteiger partial charge in [-0.15, -0.1) is 0 Å². The van der Waals surface area contributed by atoms with Crippen molar-refractivity contribution >= 4 is 27.9 Å². The van der Waals surface area contributed by atoms with Crippen molar-refractivity contribution in [3.63, 3.8) is 0 Å². The molecule has 0 aliphatic carbocycles. The van der Waals surface area contributed by atoms with Crippen LogP contribution in [0.1, 0.15) is 26.3 Å². The molecule has 0 saturated carbocycles. The summed E-state index contributed by atoms with van der Waals surface area (Å²) in [5.74, 6) is -0.263. The minimum Gasteiger partial charge on any atom is -0.444 e. The van der Waals surface area contributed by atoms with E-state index in [0.717, 1.165) is 10.0 Å². The van der Waals surface area contributed by atoms with Gasteiger partial charge in [0.05, 0.1) is 0 Å². The third kappa shape index (κ3) is 6.62. The first-order valence-electron chi connectivity index (χ1n) is 6.67. The summed E-state index contributed by atoms with van der Waals surface area (Å²) in [6, 6.07) is 6.91. The molecule has 0 fully saturated rings. The highest BCUT2D eigenvalue weighted by Gasteiger charge is 2.23. The molecule has 0 aliphatic heterocycles. The van der Waals surface area contributed by atoms with E-state index in [1.165, 1.54) is 7.05 Å². The highest BCUT2D eigenvalue weighted by Crippen LogP contribution is 2.14. The minimum atomic E-state index is -0.681. The van der Waals surface area contributed by atoms with Gasteiger partial charge in [-0.3, -0.25) is 4.79 Å². The number of alkyl carbamates (subject to hydrolysis) is 1. The molecule has 0 radical (unpaired) electrons. The molecule has 0 saturated heterocycles. The van der Waals surface area contributed by atoms with Crippen molar-refractivity contribution in [2.75, 3.05) is 7.05 Å². The Morgan fingerprint density at radius 1 is 1.33 bits per heavy atom. The molecule has 0 aromatic heterocycles. The van der Waals surface area contributed by atoms with E-state index < -0.39 is 17.7 Å². The number of carbonyl (C=O) groups excluding carboxylic acids is 2. The third-order valence-electron chi connectivity index (χ3n) is 2.58. The molecule has 116 valence electrons. The molecule has 2 amide bonds. The molecule has 21 heavy (non-hydrogen) atoms. The maximum absolute atomic E-state index is 11.9. The van der Waals surface area contributed by atoms with Crippen LogP contribution >= 0.6 is 15.9 Å². The van der Waals surface area contributed by atoms with Crippen LogP contribution in [0.25, 0.3) is 0 Å². The van der Waals surface area contributed by atoms with Gasteiger partial charge in [-0.1, -0.05) is 28.1 Å². The van der Waals surface area contributed by atoms with Gasteiger partial charge in [0.2, 0.25) is 5.91 Å². The molecule has 0 aliphatic rings. The van der Waals surface area contributed by atoms with Crippen molar-refractivity contribution in [1.29, 1.82) is 0 Å². The van der Waals surface area contributed by atoms with Gasteiger partial charge in [0.15, 0.2) is 0 Å². The second kappa shape index (κ2) is 7.45. The smallest absolute Gasteiger partial charge is 0.408 e. The average Bonchev–Trinajstić information content (AvgIpc) is 2.34. The van der Waals surface area contributed by atoms with Crippen LogP contribution < -0.4 is 10.6 Å². The number of halogens is 1. The summed E-state index contributed by atoms with van der Waals surface area (Å²) in [6.07, 6.45) is -0.218. The van der Waals surface area contributed by atoms with Gasteiger partial charge in [-0.2, -0.15) is 0 Å². The van der Waals surface area contributed by atoms with Crippen LogP contribution in [0.15, 0.2) is 28.7 Å². The summed E-state index contributed by atoms with van der Waals surface area (Å²) in [5, 5.41) is 5.15. The van der Waals surface area contributed by atoms with Crippen LogP contribution in [0.2, 0.25) is 0 Å². The molecule has 1 unspecified atom stereocenters. The molecule has 0 spiro atoms. The summed E-state index contributed by atoms with van der Waals surface area (Å²) < 4.78 is 6.11. The Bertz CT molecular complexity index is 512. The monoisotopic (exact) mass is 356 g/mol. The van der Waals surface area contributed by atoms with E-state index in [0.29, 0.717) is 6.42 Å². The van der Waals surface area contributed by atoms with Gasteiger partial charge >= 0.3 is 6.09 Å². The maximum Gasteiger partial charge on any atom is 0.408 e. The third-order valence-corrected chi connectivity index (χ3v) is 3.08. The Morgan fingerprint density at radius 3 is 2.52 bits per heavy atom. The zero-order valence-electron chi connectivity index (χ0n) is 12.7. The molecule has 1 aromatic rings. The average molecular weight is 357 g/mol. The van der Waals surface area contributed by atoms with Crippen molar-refractivity contribution < 1.29 is 14.3 Å². The minimum absolute atomic E-state index is 0.263. The Morgan fingerprint density at radius 2 is 2.00 bits per heavy atom. The molecule has 0 bridgehead atoms. The highest BCUT2D eigenvalue weighted by atomic mass is 79.9. The lowest BCUT2D eigenvalue weighted by Gasteiger charge is -2.23. The lowest BCUT2D eigenvalue weighted by molar-refractivity contribution is -0.122. The molecule has 1 rings (SSSR count). The molecule has 1 aromatic carbocycles. The van der Waals surface area contributed by atoms with Crippen LogP contribution in [-0.4, -0.2) is 30.7 Å². The molecule has 5 nitrogen and oxygen atoms in total. The van der Waals surface area contributed by atoms with Crippen LogP contribution in [0.5, 0.6) is 0 Å². The van der Waals surface area contributed by atoms with E-state index in [1.54, 1.807) is 20.8 Å². The number of benzene rings is 1. The van der Waals surface area contributed by atoms with Gasteiger partial charge in [-0.25, -0.2) is 4.79 Å². The molecule has 1 atom stereocenters. The molecular weight excluding hydrogens is 336 g/mol. The Kier molecular flexibility index (Phi) is 6.20. The summed E-state index contributed by atoms with van der Waals surface area (Å²) in [5.41, 5.74) is 0.335. The van der Waals surface area contributed by atoms with E-state index in [-0.39, 0.29) is 5.91 Å². The van der Waals surface area contributed by atoms with Gasteiger partial charge in [-0.05, 0) is 38.5 Å². The van der Waals surface area contributed by atoms with Crippen molar-refractivity contribution in [2.45, 2.75) is 38.8 Å². The summed E-state index contributed by atoms with van der Waals surface area (Å²) in [7, 11) is 1.53. The zero-order chi connectivity index (χ0) is 16.0. The lowest BCUT2D eigenvalue weighted by atomic mass is 10.1. The fraction of sp³-hybridized carbons (Fsp3) is 0.467. The molecule has 2 N–H and O–H groups in total. The largest absolute Gasteiger partial charge is 0.444 e. The Balaban J connectivity index is 2.77. The topological polar surface area (TPSA) is 67.4 Å². The van der Waals surface area contributed by atoms with E-state index in [2.05, 4.69) is 26.6 Å². The summed E-state index contributed by atoms with van der Waals surface area (Å²) >= 11 is 3.38. The fourth-order valence-electron chi connectivity index (χ4n) is 1.73. The normalized spacial score (nSPS) is 12.4. The number of amides is 2. The van der Waals surface area contributed by atoms with Gasteiger partial charge < -0.3 is 15.4 Å². The van der Waals surface area contributed by atoms with E-state index in [1.807, 2.05) is 24.3 Å². The first-order valence-corrected chi connectivity index (χ1v) is 7.46. The Hall–Kier alpha value is -1.56. The quantitative estimate of drug-likeness (QED) is 0.871. The standard InChI is InChI=1S/C15H21BrN2O3/c1-15(2,3)21-14(20)18-12(13(19)17-4)9-10-6-5-7-11(16)8-10/h5-8,12H,9H2,1-4H3,(H,17,19)(H,18,20). The number of hydrogen-bond donors (Lipinski definition) is 2. The Labute approximate surface area is 133 Å². The summed E-state index contributed by atoms with van der Waals surface area (Å²) in [4.78, 5) is 23.7. The number of nitrogens with one attached hydrogen (secondary N) is 2. The number of ether oxygens (including phenoxy) is 1. The van der Waals surface area contributed by atoms with Crippen LogP contribution in [-0.2, 0) is 16.0 Å². The van der Waals surface area contributed by atoms with Crippen molar-refractivity contribution in [1.82, 2.24) is 10.6 Å². The second-order valence-corrected chi connectivity index (χ2v) is 6.56. The number of hydrogen-bond acceptors (Lipinski definition) is 3. The van der Waals surface area contributed by atoms with Gasteiger partial charge in [0.1, 0.15) is 11.6 Å². The SMILES string of the molecule is CNC(=O)C(Cc1cccc(Br)c1)NC(=O)OC(C)(C)C. The van der Waals surface area contributed by atoms with Crippen molar-refractivity contribution in [2.24, 2.45) is 0 Å². The first kappa shape index (κ1) is 17.5. The van der Waals surface area contributed by atoms with E-state index >= 15 is 0 Å². The van der Waals surface area contributed by atoms with E-state index in [9.17, 15) is 9.59 Å². The summed E-state index contributed by atoms with van der Waals surface area (Å²) in [6.45, 7) is 5.32. The van der Waals surface area contributed by atoms with Crippen molar-refractivity contribution in [3.05, 3.63) is 34.3 Å². The maximum atomic E-state index is 11.9. The predicted octanol–water partition coefficient (Wildman–Crippen LogP) is 2.63. The van der Waals surface area contributed by atoms with Crippen LogP contribution in [0.3, 0.4) is 0 Å². The molecular formula is C15H21BrN2O3. The van der Waals surface area contributed by atoms with Gasteiger partial charge in [0.25, 0.3) is 0 Å². The fourth-order valence-corrected chi connectivity index (χ4v) is 2.18. The predicted molar refractivity (Wildman–Crippen MR) is 85.1 cm³/mol. The number of carbonyl (C=O) groups is 2. The van der Waals surface area contributed by atoms with Crippen molar-refractivity contribution in [3.8, 4) is 0 Å². The van der Waals surface area contributed by atoms with Gasteiger partial charge in [0, 0.05) is 17.9 Å². The molecule has 0 heterocycles. The van der Waals surface area contributed by atoms with E-state index in [4.69, 9.17) is 4.74 Å². The zero-order valence-corrected chi connectivity index (χ0v) is 14.3. The molecule has 6 heteroatoms. The lowest BCUT2D eigenvalue weighted by Crippen LogP contribution is -2.48. The number of likely N-dealkylation sites (N-methyl/N-ethyl adjacent to an activating group) is 1. The second-order valence-electron chi connectivity index (χ2n) is 5.65.